The Morgan fingerprint density at radius 1 is 0.867 bits per heavy atom. The summed E-state index contributed by atoms with van der Waals surface area (Å²) in [5, 5.41) is 8.49. The molecular weight excluding hydrogens is 380 g/mol. The third-order valence-electron chi connectivity index (χ3n) is 4.08. The van der Waals surface area contributed by atoms with Crippen molar-refractivity contribution in [2.24, 2.45) is 0 Å². The lowest BCUT2D eigenvalue weighted by Crippen LogP contribution is -2.46. The molecule has 0 aliphatic carbocycles. The maximum atomic E-state index is 12.6. The number of hydrogen-bond donors (Lipinski definition) is 3. The number of para-hydroxylation sites is 1. The molecule has 0 fully saturated rings. The second kappa shape index (κ2) is 10.5. The van der Waals surface area contributed by atoms with Crippen molar-refractivity contribution in [3.8, 4) is 0 Å². The molecule has 0 radical (unpaired) electrons. The van der Waals surface area contributed by atoms with Crippen molar-refractivity contribution in [2.45, 2.75) is 32.9 Å². The summed E-state index contributed by atoms with van der Waals surface area (Å²) in [5.74, 6) is -0.726. The third-order valence-corrected chi connectivity index (χ3v) is 4.08. The molecule has 2 aromatic carbocycles. The van der Waals surface area contributed by atoms with Gasteiger partial charge in [-0.25, -0.2) is 0 Å². The van der Waals surface area contributed by atoms with Crippen LogP contribution in [-0.2, 0) is 16.1 Å². The molecule has 0 bridgehead atoms. The summed E-state index contributed by atoms with van der Waals surface area (Å²) in [5.41, 5.74) is 1.48. The average molecular weight is 411 g/mol. The lowest BCUT2D eigenvalue weighted by atomic mass is 10.1. The van der Waals surface area contributed by atoms with Crippen LogP contribution in [0.2, 0.25) is 0 Å². The molecule has 3 N–H and O–H groups in total. The van der Waals surface area contributed by atoms with Crippen LogP contribution in [0.5, 0.6) is 0 Å². The standard InChI is InChI=1S/C23H30N4O3/c1-23(2,3)26-21(29)16-27(4)15-20(28)25-19-13-9-8-12-18(19)22(30)24-14-17-10-6-5-7-11-17/h5-13H,14-16H2,1-4H3,(H,24,30)(H,25,28)(H,26,29). The zero-order valence-electron chi connectivity index (χ0n) is 18.0. The van der Waals surface area contributed by atoms with Gasteiger partial charge in [0.05, 0.1) is 24.3 Å². The Kier molecular flexibility index (Phi) is 8.12. The zero-order valence-corrected chi connectivity index (χ0v) is 18.0. The maximum absolute atomic E-state index is 12.6. The molecule has 0 aromatic heterocycles. The van der Waals surface area contributed by atoms with E-state index in [4.69, 9.17) is 0 Å². The summed E-state index contributed by atoms with van der Waals surface area (Å²) in [6.07, 6.45) is 0. The van der Waals surface area contributed by atoms with E-state index in [1.54, 1.807) is 36.2 Å². The normalized spacial score (nSPS) is 11.1. The number of benzene rings is 2. The highest BCUT2D eigenvalue weighted by Gasteiger charge is 2.17. The first-order chi connectivity index (χ1) is 14.1. The molecule has 0 atom stereocenters. The van der Waals surface area contributed by atoms with Crippen LogP contribution < -0.4 is 16.0 Å². The highest BCUT2D eigenvalue weighted by molar-refractivity contribution is 6.04. The van der Waals surface area contributed by atoms with Crippen LogP contribution in [0.15, 0.2) is 54.6 Å². The molecule has 0 unspecified atom stereocenters. The van der Waals surface area contributed by atoms with Gasteiger partial charge >= 0.3 is 0 Å². The Bertz CT molecular complexity index is 876. The monoisotopic (exact) mass is 410 g/mol. The van der Waals surface area contributed by atoms with E-state index in [2.05, 4.69) is 16.0 Å². The zero-order chi connectivity index (χ0) is 22.1. The SMILES string of the molecule is CN(CC(=O)Nc1ccccc1C(=O)NCc1ccccc1)CC(=O)NC(C)(C)C. The molecule has 3 amide bonds. The summed E-state index contributed by atoms with van der Waals surface area (Å²) in [7, 11) is 1.69. The number of hydrogen-bond acceptors (Lipinski definition) is 4. The van der Waals surface area contributed by atoms with Crippen LogP contribution in [0, 0.1) is 0 Å². The van der Waals surface area contributed by atoms with Gasteiger partial charge in [-0.2, -0.15) is 0 Å². The van der Waals surface area contributed by atoms with E-state index in [1.807, 2.05) is 51.1 Å². The van der Waals surface area contributed by atoms with Crippen molar-refractivity contribution in [3.63, 3.8) is 0 Å². The number of likely N-dealkylation sites (N-methyl/N-ethyl adjacent to an activating group) is 1. The van der Waals surface area contributed by atoms with Crippen molar-refractivity contribution in [1.29, 1.82) is 0 Å². The number of rotatable bonds is 8. The largest absolute Gasteiger partial charge is 0.350 e. The van der Waals surface area contributed by atoms with E-state index in [-0.39, 0.29) is 36.3 Å². The molecule has 30 heavy (non-hydrogen) atoms. The van der Waals surface area contributed by atoms with Gasteiger partial charge in [-0.1, -0.05) is 42.5 Å². The molecule has 0 spiro atoms. The fraction of sp³-hybridized carbons (Fsp3) is 0.348. The predicted molar refractivity (Wildman–Crippen MR) is 118 cm³/mol. The highest BCUT2D eigenvalue weighted by Crippen LogP contribution is 2.15. The van der Waals surface area contributed by atoms with Crippen LogP contribution in [0.1, 0.15) is 36.7 Å². The summed E-state index contributed by atoms with van der Waals surface area (Å²) >= 11 is 0. The van der Waals surface area contributed by atoms with Crippen LogP contribution in [0.4, 0.5) is 5.69 Å². The lowest BCUT2D eigenvalue weighted by molar-refractivity contribution is -0.124. The number of anilines is 1. The van der Waals surface area contributed by atoms with Crippen LogP contribution in [0.25, 0.3) is 0 Å². The Morgan fingerprint density at radius 3 is 2.13 bits per heavy atom. The predicted octanol–water partition coefficient (Wildman–Crippen LogP) is 2.40. The molecule has 0 aliphatic rings. The maximum Gasteiger partial charge on any atom is 0.253 e. The van der Waals surface area contributed by atoms with Gasteiger partial charge in [0, 0.05) is 12.1 Å². The first kappa shape index (κ1) is 23.1. The van der Waals surface area contributed by atoms with Crippen molar-refractivity contribution >= 4 is 23.4 Å². The molecule has 7 heteroatoms. The van der Waals surface area contributed by atoms with Gasteiger partial charge in [0.2, 0.25) is 11.8 Å². The van der Waals surface area contributed by atoms with Crippen LogP contribution >= 0.6 is 0 Å². The van der Waals surface area contributed by atoms with Gasteiger partial charge in [-0.05, 0) is 45.5 Å². The topological polar surface area (TPSA) is 90.5 Å². The average Bonchev–Trinajstić information content (AvgIpc) is 2.65. The van der Waals surface area contributed by atoms with E-state index in [0.717, 1.165) is 5.56 Å². The number of carbonyl (C=O) groups excluding carboxylic acids is 3. The minimum Gasteiger partial charge on any atom is -0.350 e. The van der Waals surface area contributed by atoms with Gasteiger partial charge in [0.1, 0.15) is 0 Å². The highest BCUT2D eigenvalue weighted by atomic mass is 16.2. The Morgan fingerprint density at radius 2 is 1.47 bits per heavy atom. The van der Waals surface area contributed by atoms with Gasteiger partial charge in [-0.3, -0.25) is 19.3 Å². The van der Waals surface area contributed by atoms with Crippen LogP contribution in [0.3, 0.4) is 0 Å². The van der Waals surface area contributed by atoms with E-state index >= 15 is 0 Å². The number of nitrogens with one attached hydrogen (secondary N) is 3. The number of nitrogens with zero attached hydrogens (tertiary/aromatic N) is 1. The molecule has 2 aromatic rings. The fourth-order valence-corrected chi connectivity index (χ4v) is 2.86. The minimum absolute atomic E-state index is 0.0253. The van der Waals surface area contributed by atoms with Crippen molar-refractivity contribution in [1.82, 2.24) is 15.5 Å². The number of amides is 3. The molecule has 0 saturated carbocycles. The Balaban J connectivity index is 1.92. The lowest BCUT2D eigenvalue weighted by Gasteiger charge is -2.23. The van der Waals surface area contributed by atoms with Crippen LogP contribution in [-0.4, -0.2) is 48.3 Å². The quantitative estimate of drug-likeness (QED) is 0.623. The molecule has 160 valence electrons. The van der Waals surface area contributed by atoms with Gasteiger partial charge < -0.3 is 16.0 Å². The molecule has 7 nitrogen and oxygen atoms in total. The molecule has 2 rings (SSSR count). The summed E-state index contributed by atoms with van der Waals surface area (Å²) in [6.45, 7) is 6.22. The molecule has 0 heterocycles. The van der Waals surface area contributed by atoms with Crippen molar-refractivity contribution in [2.75, 3.05) is 25.5 Å². The summed E-state index contributed by atoms with van der Waals surface area (Å²) in [4.78, 5) is 38.6. The second-order valence-corrected chi connectivity index (χ2v) is 8.23. The smallest absolute Gasteiger partial charge is 0.253 e. The van der Waals surface area contributed by atoms with Crippen molar-refractivity contribution < 1.29 is 14.4 Å². The van der Waals surface area contributed by atoms with E-state index in [9.17, 15) is 14.4 Å². The summed E-state index contributed by atoms with van der Waals surface area (Å²) < 4.78 is 0. The molecular formula is C23H30N4O3. The van der Waals surface area contributed by atoms with Gasteiger partial charge in [-0.15, -0.1) is 0 Å². The van der Waals surface area contributed by atoms with Gasteiger partial charge in [0.25, 0.3) is 5.91 Å². The van der Waals surface area contributed by atoms with Gasteiger partial charge in [0.15, 0.2) is 0 Å². The van der Waals surface area contributed by atoms with E-state index in [0.29, 0.717) is 17.8 Å². The molecule has 0 aliphatic heterocycles. The van der Waals surface area contributed by atoms with E-state index < -0.39 is 0 Å². The van der Waals surface area contributed by atoms with E-state index in [1.165, 1.54) is 0 Å². The fourth-order valence-electron chi connectivity index (χ4n) is 2.86. The third kappa shape index (κ3) is 8.05. The first-order valence-electron chi connectivity index (χ1n) is 9.84. The number of carbonyl (C=O) groups is 3. The summed E-state index contributed by atoms with van der Waals surface area (Å²) in [6, 6.07) is 16.4. The molecule has 0 saturated heterocycles. The Labute approximate surface area is 177 Å². The second-order valence-electron chi connectivity index (χ2n) is 8.23. The minimum atomic E-state index is -0.327. The van der Waals surface area contributed by atoms with Crippen molar-refractivity contribution in [3.05, 3.63) is 65.7 Å². The first-order valence-corrected chi connectivity index (χ1v) is 9.84. The Hall–Kier alpha value is -3.19.